The van der Waals surface area contributed by atoms with Gasteiger partial charge in [-0.1, -0.05) is 30.3 Å². The number of nitrogens with zero attached hydrogens (tertiary/aromatic N) is 1. The normalized spacial score (nSPS) is 22.1. The number of hydrogen-bond acceptors (Lipinski definition) is 3. The predicted octanol–water partition coefficient (Wildman–Crippen LogP) is 4.11. The number of carbonyl (C=O) groups is 2. The van der Waals surface area contributed by atoms with Crippen molar-refractivity contribution in [2.45, 2.75) is 39.0 Å². The van der Waals surface area contributed by atoms with Crippen LogP contribution < -0.4 is 5.32 Å². The van der Waals surface area contributed by atoms with Crippen molar-refractivity contribution in [2.75, 3.05) is 19.6 Å². The van der Waals surface area contributed by atoms with Crippen molar-refractivity contribution < 1.29 is 9.59 Å². The highest BCUT2D eigenvalue weighted by Gasteiger charge is 2.45. The minimum atomic E-state index is -0.525. The van der Waals surface area contributed by atoms with Gasteiger partial charge in [-0.3, -0.25) is 9.59 Å². The topological polar surface area (TPSA) is 49.4 Å². The van der Waals surface area contributed by atoms with Crippen molar-refractivity contribution >= 4 is 23.2 Å². The SMILES string of the molecule is CCNC(=O)[C@@]1(Cc2ccc(-c3cccs3)cc2)CCCN(C(=O)C2CC2)C1. The maximum absolute atomic E-state index is 13.1. The molecule has 2 fully saturated rings. The van der Waals surface area contributed by atoms with Crippen LogP contribution in [0.15, 0.2) is 41.8 Å². The molecule has 148 valence electrons. The average Bonchev–Trinajstić information content (AvgIpc) is 3.42. The number of amides is 2. The lowest BCUT2D eigenvalue weighted by atomic mass is 9.74. The molecule has 4 rings (SSSR count). The smallest absolute Gasteiger partial charge is 0.228 e. The highest BCUT2D eigenvalue weighted by molar-refractivity contribution is 7.13. The zero-order valence-electron chi connectivity index (χ0n) is 16.4. The quantitative estimate of drug-likeness (QED) is 0.799. The van der Waals surface area contributed by atoms with E-state index in [1.807, 2.05) is 11.8 Å². The lowest BCUT2D eigenvalue weighted by molar-refractivity contribution is -0.142. The summed E-state index contributed by atoms with van der Waals surface area (Å²) in [6.45, 7) is 3.90. The van der Waals surface area contributed by atoms with Gasteiger partial charge in [-0.05, 0) is 61.6 Å². The summed E-state index contributed by atoms with van der Waals surface area (Å²) in [6.07, 6.45) is 4.42. The maximum atomic E-state index is 13.1. The fourth-order valence-electron chi connectivity index (χ4n) is 4.29. The van der Waals surface area contributed by atoms with Crippen LogP contribution in [0.1, 0.15) is 38.2 Å². The van der Waals surface area contributed by atoms with E-state index in [-0.39, 0.29) is 17.7 Å². The first kappa shape index (κ1) is 19.2. The fraction of sp³-hybridized carbons (Fsp3) is 0.478. The van der Waals surface area contributed by atoms with Crippen molar-refractivity contribution in [2.24, 2.45) is 11.3 Å². The zero-order valence-corrected chi connectivity index (χ0v) is 17.3. The molecule has 1 saturated carbocycles. The second kappa shape index (κ2) is 8.08. The van der Waals surface area contributed by atoms with Crippen LogP contribution >= 0.6 is 11.3 Å². The van der Waals surface area contributed by atoms with E-state index in [4.69, 9.17) is 0 Å². The number of nitrogens with one attached hydrogen (secondary N) is 1. The van der Waals surface area contributed by atoms with Crippen molar-refractivity contribution in [1.29, 1.82) is 0 Å². The van der Waals surface area contributed by atoms with E-state index in [2.05, 4.69) is 47.1 Å². The van der Waals surface area contributed by atoms with Gasteiger partial charge in [-0.2, -0.15) is 0 Å². The Bertz CT molecular complexity index is 827. The Hall–Kier alpha value is -2.14. The summed E-state index contributed by atoms with van der Waals surface area (Å²) >= 11 is 1.73. The summed E-state index contributed by atoms with van der Waals surface area (Å²) < 4.78 is 0. The van der Waals surface area contributed by atoms with Gasteiger partial charge < -0.3 is 10.2 Å². The molecule has 0 spiro atoms. The van der Waals surface area contributed by atoms with E-state index < -0.39 is 5.41 Å². The molecule has 4 nitrogen and oxygen atoms in total. The second-order valence-corrected chi connectivity index (χ2v) is 9.08. The molecule has 1 aliphatic carbocycles. The van der Waals surface area contributed by atoms with Crippen molar-refractivity contribution in [3.63, 3.8) is 0 Å². The van der Waals surface area contributed by atoms with Gasteiger partial charge in [0.05, 0.1) is 5.41 Å². The summed E-state index contributed by atoms with van der Waals surface area (Å²) in [5.74, 6) is 0.544. The molecule has 5 heteroatoms. The number of hydrogen-bond donors (Lipinski definition) is 1. The van der Waals surface area contributed by atoms with E-state index in [1.54, 1.807) is 11.3 Å². The first-order valence-electron chi connectivity index (χ1n) is 10.3. The van der Waals surface area contributed by atoms with E-state index >= 15 is 0 Å². The first-order chi connectivity index (χ1) is 13.6. The van der Waals surface area contributed by atoms with Gasteiger partial charge in [-0.15, -0.1) is 11.3 Å². The molecular formula is C23H28N2O2S. The molecule has 1 aromatic carbocycles. The van der Waals surface area contributed by atoms with Gasteiger partial charge in [0.15, 0.2) is 0 Å². The minimum absolute atomic E-state index is 0.0885. The molecule has 2 amide bonds. The number of piperidine rings is 1. The Morgan fingerprint density at radius 2 is 2.00 bits per heavy atom. The Labute approximate surface area is 170 Å². The Balaban J connectivity index is 1.55. The molecule has 2 heterocycles. The molecule has 1 aromatic heterocycles. The maximum Gasteiger partial charge on any atom is 0.228 e. The van der Waals surface area contributed by atoms with E-state index in [1.165, 1.54) is 10.4 Å². The number of carbonyl (C=O) groups excluding carboxylic acids is 2. The standard InChI is InChI=1S/C23H28N2O2S/c1-2-24-22(27)23(12-4-13-25(16-23)21(26)19-10-11-19)15-17-6-8-18(9-7-17)20-5-3-14-28-20/h3,5-9,14,19H,2,4,10-13,15-16H2,1H3,(H,24,27)/t23-/m1/s1. The molecular weight excluding hydrogens is 368 g/mol. The summed E-state index contributed by atoms with van der Waals surface area (Å²) in [7, 11) is 0. The van der Waals surface area contributed by atoms with Crippen LogP contribution in [-0.4, -0.2) is 36.3 Å². The summed E-state index contributed by atoms with van der Waals surface area (Å²) in [6, 6.07) is 12.7. The van der Waals surface area contributed by atoms with Crippen LogP contribution in [0.3, 0.4) is 0 Å². The fourth-order valence-corrected chi connectivity index (χ4v) is 5.02. The summed E-state index contributed by atoms with van der Waals surface area (Å²) in [4.78, 5) is 28.9. The first-order valence-corrected chi connectivity index (χ1v) is 11.2. The molecule has 28 heavy (non-hydrogen) atoms. The molecule has 2 aliphatic rings. The van der Waals surface area contributed by atoms with Gasteiger partial charge in [0.2, 0.25) is 11.8 Å². The third kappa shape index (κ3) is 4.00. The van der Waals surface area contributed by atoms with Crippen LogP contribution in [0.25, 0.3) is 10.4 Å². The molecule has 1 N–H and O–H groups in total. The monoisotopic (exact) mass is 396 g/mol. The van der Waals surface area contributed by atoms with Crippen molar-refractivity contribution in [3.8, 4) is 10.4 Å². The number of benzene rings is 1. The average molecular weight is 397 g/mol. The molecule has 2 aromatic rings. The Morgan fingerprint density at radius 3 is 2.64 bits per heavy atom. The van der Waals surface area contributed by atoms with Gasteiger partial charge >= 0.3 is 0 Å². The van der Waals surface area contributed by atoms with Gasteiger partial charge in [0.1, 0.15) is 0 Å². The van der Waals surface area contributed by atoms with Crippen LogP contribution in [0.2, 0.25) is 0 Å². The van der Waals surface area contributed by atoms with E-state index in [0.717, 1.165) is 37.8 Å². The molecule has 1 saturated heterocycles. The Morgan fingerprint density at radius 1 is 1.21 bits per heavy atom. The number of likely N-dealkylation sites (tertiary alicyclic amines) is 1. The molecule has 0 radical (unpaired) electrons. The summed E-state index contributed by atoms with van der Waals surface area (Å²) in [5.41, 5.74) is 1.84. The number of rotatable bonds is 6. The minimum Gasteiger partial charge on any atom is -0.356 e. The van der Waals surface area contributed by atoms with Crippen molar-refractivity contribution in [3.05, 3.63) is 47.3 Å². The van der Waals surface area contributed by atoms with Gasteiger partial charge in [-0.25, -0.2) is 0 Å². The highest BCUT2D eigenvalue weighted by Crippen LogP contribution is 2.38. The number of thiophene rings is 1. The molecule has 1 atom stereocenters. The third-order valence-corrected chi connectivity index (χ3v) is 6.86. The second-order valence-electron chi connectivity index (χ2n) is 8.13. The molecule has 0 unspecified atom stereocenters. The van der Waals surface area contributed by atoms with Crippen LogP contribution in [-0.2, 0) is 16.0 Å². The largest absolute Gasteiger partial charge is 0.356 e. The summed E-state index contributed by atoms with van der Waals surface area (Å²) in [5, 5.41) is 5.12. The van der Waals surface area contributed by atoms with E-state index in [9.17, 15) is 9.59 Å². The lowest BCUT2D eigenvalue weighted by Crippen LogP contribution is -2.54. The van der Waals surface area contributed by atoms with E-state index in [0.29, 0.717) is 19.5 Å². The predicted molar refractivity (Wildman–Crippen MR) is 113 cm³/mol. The van der Waals surface area contributed by atoms with Crippen molar-refractivity contribution in [1.82, 2.24) is 10.2 Å². The van der Waals surface area contributed by atoms with Crippen LogP contribution in [0.5, 0.6) is 0 Å². The molecule has 1 aliphatic heterocycles. The molecule has 0 bridgehead atoms. The third-order valence-electron chi connectivity index (χ3n) is 5.94. The highest BCUT2D eigenvalue weighted by atomic mass is 32.1. The van der Waals surface area contributed by atoms with Gasteiger partial charge in [0, 0.05) is 30.4 Å². The Kier molecular flexibility index (Phi) is 5.54. The lowest BCUT2D eigenvalue weighted by Gasteiger charge is -2.42. The van der Waals surface area contributed by atoms with Gasteiger partial charge in [0.25, 0.3) is 0 Å². The van der Waals surface area contributed by atoms with Crippen LogP contribution in [0, 0.1) is 11.3 Å². The van der Waals surface area contributed by atoms with Crippen LogP contribution in [0.4, 0.5) is 0 Å². The zero-order chi connectivity index (χ0) is 19.6.